The lowest BCUT2D eigenvalue weighted by Crippen LogP contribution is -2.08. The predicted octanol–water partition coefficient (Wildman–Crippen LogP) is 3.02. The number of carbonyl (C=O) groups excluding carboxylic acids is 1. The Morgan fingerprint density at radius 2 is 2.00 bits per heavy atom. The Morgan fingerprint density at radius 3 is 2.76 bits per heavy atom. The van der Waals surface area contributed by atoms with Gasteiger partial charge in [-0.25, -0.2) is 13.4 Å². The maximum absolute atomic E-state index is 12.0. The summed E-state index contributed by atoms with van der Waals surface area (Å²) in [6, 6.07) is 14.0. The molecule has 0 aliphatic heterocycles. The van der Waals surface area contributed by atoms with Crippen LogP contribution in [-0.4, -0.2) is 25.6 Å². The van der Waals surface area contributed by atoms with Crippen LogP contribution in [0.25, 0.3) is 17.2 Å². The van der Waals surface area contributed by atoms with Gasteiger partial charge in [0.05, 0.1) is 5.75 Å². The molecule has 0 atom stereocenters. The van der Waals surface area contributed by atoms with E-state index in [0.717, 1.165) is 5.52 Å². The first-order chi connectivity index (χ1) is 11.9. The van der Waals surface area contributed by atoms with Crippen molar-refractivity contribution in [3.63, 3.8) is 0 Å². The van der Waals surface area contributed by atoms with E-state index in [9.17, 15) is 13.2 Å². The molecule has 0 aliphatic carbocycles. The SMILES string of the molecule is CS(=O)(=O)Cc1cccc(NC(=O)C=Cc2nc3ccccc3o2)c1. The van der Waals surface area contributed by atoms with Crippen LogP contribution in [0.1, 0.15) is 11.5 Å². The summed E-state index contributed by atoms with van der Waals surface area (Å²) in [5, 5.41) is 2.68. The molecule has 1 heterocycles. The number of nitrogens with zero attached hydrogens (tertiary/aromatic N) is 1. The highest BCUT2D eigenvalue weighted by Gasteiger charge is 2.06. The van der Waals surface area contributed by atoms with Crippen molar-refractivity contribution < 1.29 is 17.6 Å². The van der Waals surface area contributed by atoms with Gasteiger partial charge in [-0.2, -0.15) is 0 Å². The van der Waals surface area contributed by atoms with Crippen molar-refractivity contribution >= 4 is 38.6 Å². The number of carbonyl (C=O) groups is 1. The fraction of sp³-hybridized carbons (Fsp3) is 0.111. The maximum Gasteiger partial charge on any atom is 0.248 e. The number of aromatic nitrogens is 1. The third-order valence-electron chi connectivity index (χ3n) is 3.31. The van der Waals surface area contributed by atoms with Crippen molar-refractivity contribution in [1.29, 1.82) is 0 Å². The largest absolute Gasteiger partial charge is 0.437 e. The molecule has 0 fully saturated rings. The summed E-state index contributed by atoms with van der Waals surface area (Å²) < 4.78 is 28.2. The number of para-hydroxylation sites is 2. The van der Waals surface area contributed by atoms with Gasteiger partial charge in [0.25, 0.3) is 0 Å². The minimum Gasteiger partial charge on any atom is -0.437 e. The van der Waals surface area contributed by atoms with E-state index < -0.39 is 9.84 Å². The Balaban J connectivity index is 1.68. The van der Waals surface area contributed by atoms with Crippen LogP contribution in [0.15, 0.2) is 59.0 Å². The highest BCUT2D eigenvalue weighted by Crippen LogP contribution is 2.16. The molecule has 3 aromatic rings. The number of hydrogen-bond donors (Lipinski definition) is 1. The average Bonchev–Trinajstić information content (AvgIpc) is 2.94. The summed E-state index contributed by atoms with van der Waals surface area (Å²) in [7, 11) is -3.13. The van der Waals surface area contributed by atoms with E-state index in [2.05, 4.69) is 10.3 Å². The van der Waals surface area contributed by atoms with Crippen LogP contribution in [0.5, 0.6) is 0 Å². The van der Waals surface area contributed by atoms with Gasteiger partial charge >= 0.3 is 0 Å². The Bertz CT molecular complexity index is 1020. The predicted molar refractivity (Wildman–Crippen MR) is 96.7 cm³/mol. The molecular weight excluding hydrogens is 340 g/mol. The number of oxazole rings is 1. The highest BCUT2D eigenvalue weighted by atomic mass is 32.2. The number of anilines is 1. The first kappa shape index (κ1) is 16.9. The van der Waals surface area contributed by atoms with Gasteiger partial charge in [0, 0.05) is 24.1 Å². The van der Waals surface area contributed by atoms with Crippen molar-refractivity contribution in [3.05, 3.63) is 66.1 Å². The smallest absolute Gasteiger partial charge is 0.248 e. The topological polar surface area (TPSA) is 89.3 Å². The monoisotopic (exact) mass is 356 g/mol. The average molecular weight is 356 g/mol. The van der Waals surface area contributed by atoms with Crippen LogP contribution in [0.3, 0.4) is 0 Å². The maximum atomic E-state index is 12.0. The third kappa shape index (κ3) is 4.77. The highest BCUT2D eigenvalue weighted by molar-refractivity contribution is 7.89. The van der Waals surface area contributed by atoms with E-state index in [1.165, 1.54) is 18.4 Å². The second kappa shape index (κ2) is 6.90. The second-order valence-electron chi connectivity index (χ2n) is 5.61. The van der Waals surface area contributed by atoms with Gasteiger partial charge in [-0.1, -0.05) is 24.3 Å². The van der Waals surface area contributed by atoms with E-state index in [-0.39, 0.29) is 11.7 Å². The molecule has 0 bridgehead atoms. The van der Waals surface area contributed by atoms with Gasteiger partial charge in [-0.15, -0.1) is 0 Å². The molecule has 7 heteroatoms. The van der Waals surface area contributed by atoms with Gasteiger partial charge in [0.2, 0.25) is 11.8 Å². The molecule has 1 aromatic heterocycles. The van der Waals surface area contributed by atoms with Crippen LogP contribution in [0.2, 0.25) is 0 Å². The minimum atomic E-state index is -3.13. The summed E-state index contributed by atoms with van der Waals surface area (Å²) in [5.74, 6) is -0.101. The fourth-order valence-electron chi connectivity index (χ4n) is 2.33. The van der Waals surface area contributed by atoms with Gasteiger partial charge < -0.3 is 9.73 Å². The molecule has 25 heavy (non-hydrogen) atoms. The number of benzene rings is 2. The molecule has 0 saturated heterocycles. The third-order valence-corrected chi connectivity index (χ3v) is 4.17. The first-order valence-electron chi connectivity index (χ1n) is 7.50. The molecule has 2 aromatic carbocycles. The summed E-state index contributed by atoms with van der Waals surface area (Å²) in [6.45, 7) is 0. The van der Waals surface area contributed by atoms with Crippen LogP contribution in [0, 0.1) is 0 Å². The second-order valence-corrected chi connectivity index (χ2v) is 7.75. The molecule has 0 radical (unpaired) electrons. The van der Waals surface area contributed by atoms with Crippen LogP contribution in [-0.2, 0) is 20.4 Å². The van der Waals surface area contributed by atoms with Crippen LogP contribution >= 0.6 is 0 Å². The zero-order chi connectivity index (χ0) is 17.9. The Hall–Kier alpha value is -2.93. The fourth-order valence-corrected chi connectivity index (χ4v) is 3.12. The number of fused-ring (bicyclic) bond motifs is 1. The van der Waals surface area contributed by atoms with Crippen molar-refractivity contribution in [2.45, 2.75) is 5.75 Å². The summed E-state index contributed by atoms with van der Waals surface area (Å²) in [6.07, 6.45) is 3.96. The lowest BCUT2D eigenvalue weighted by molar-refractivity contribution is -0.111. The van der Waals surface area contributed by atoms with Crippen molar-refractivity contribution in [2.75, 3.05) is 11.6 Å². The molecule has 3 rings (SSSR count). The zero-order valence-corrected chi connectivity index (χ0v) is 14.3. The molecule has 1 N–H and O–H groups in total. The van der Waals surface area contributed by atoms with Crippen molar-refractivity contribution in [3.8, 4) is 0 Å². The van der Waals surface area contributed by atoms with Crippen LogP contribution < -0.4 is 5.32 Å². The quantitative estimate of drug-likeness (QED) is 0.710. The molecule has 1 amide bonds. The molecule has 0 unspecified atom stereocenters. The molecule has 0 aliphatic rings. The number of rotatable bonds is 5. The minimum absolute atomic E-state index is 0.0740. The molecule has 0 saturated carbocycles. The van der Waals surface area contributed by atoms with E-state index in [1.54, 1.807) is 30.3 Å². The van der Waals surface area contributed by atoms with Crippen molar-refractivity contribution in [2.24, 2.45) is 0 Å². The van der Waals surface area contributed by atoms with E-state index in [1.807, 2.05) is 18.2 Å². The van der Waals surface area contributed by atoms with E-state index in [0.29, 0.717) is 22.7 Å². The summed E-state index contributed by atoms with van der Waals surface area (Å²) in [4.78, 5) is 16.3. The van der Waals surface area contributed by atoms with Gasteiger partial charge in [0.1, 0.15) is 5.52 Å². The number of hydrogen-bond acceptors (Lipinski definition) is 5. The molecule has 0 spiro atoms. The van der Waals surface area contributed by atoms with Crippen LogP contribution in [0.4, 0.5) is 5.69 Å². The van der Waals surface area contributed by atoms with Gasteiger partial charge in [0.15, 0.2) is 15.4 Å². The van der Waals surface area contributed by atoms with Gasteiger partial charge in [-0.05, 0) is 29.8 Å². The summed E-state index contributed by atoms with van der Waals surface area (Å²) >= 11 is 0. The van der Waals surface area contributed by atoms with E-state index in [4.69, 9.17) is 4.42 Å². The lowest BCUT2D eigenvalue weighted by Gasteiger charge is -2.05. The lowest BCUT2D eigenvalue weighted by atomic mass is 10.2. The standard InChI is InChI=1S/C18H16N2O4S/c1-25(22,23)12-13-5-4-6-14(11-13)19-17(21)9-10-18-20-15-7-2-3-8-16(15)24-18/h2-11H,12H2,1H3,(H,19,21). The zero-order valence-electron chi connectivity index (χ0n) is 13.5. The molecular formula is C18H16N2O4S. The normalized spacial score (nSPS) is 11.9. The number of amides is 1. The Labute approximate surface area is 145 Å². The number of sulfone groups is 1. The molecule has 6 nitrogen and oxygen atoms in total. The Morgan fingerprint density at radius 1 is 1.20 bits per heavy atom. The first-order valence-corrected chi connectivity index (χ1v) is 9.56. The van der Waals surface area contributed by atoms with Crippen molar-refractivity contribution in [1.82, 2.24) is 4.98 Å². The van der Waals surface area contributed by atoms with E-state index >= 15 is 0 Å². The summed E-state index contributed by atoms with van der Waals surface area (Å²) in [5.41, 5.74) is 2.50. The van der Waals surface area contributed by atoms with Gasteiger partial charge in [-0.3, -0.25) is 4.79 Å². The molecule has 128 valence electrons. The number of nitrogens with one attached hydrogen (secondary N) is 1. The Kier molecular flexibility index (Phi) is 4.67.